The van der Waals surface area contributed by atoms with Gasteiger partial charge in [-0.15, -0.1) is 18.2 Å². The fourth-order valence-electron chi connectivity index (χ4n) is 3.77. The molecule has 1 saturated heterocycles. The van der Waals surface area contributed by atoms with E-state index in [1.807, 2.05) is 41.4 Å². The Kier molecular flexibility index (Phi) is 8.45. The van der Waals surface area contributed by atoms with Gasteiger partial charge in [0.25, 0.3) is 5.24 Å². The number of nitrogens with zero attached hydrogens (tertiary/aromatic N) is 2. The number of hydrogen-bond donors (Lipinski definition) is 1. The van der Waals surface area contributed by atoms with E-state index in [2.05, 4.69) is 35.8 Å². The van der Waals surface area contributed by atoms with Gasteiger partial charge in [0, 0.05) is 30.6 Å². The van der Waals surface area contributed by atoms with Crippen LogP contribution in [0.15, 0.2) is 43.1 Å². The van der Waals surface area contributed by atoms with E-state index in [4.69, 9.17) is 4.74 Å². The summed E-state index contributed by atoms with van der Waals surface area (Å²) in [5.74, 6) is 1.39. The number of pyridine rings is 1. The topological polar surface area (TPSA) is 42.4 Å². The maximum absolute atomic E-state index is 12.0. The Hall–Kier alpha value is -1.72. The SMILES string of the molecule is C=CCC1CCN(C(=O)S)C(Cc2ccnc3ccc(OC)cc23)C1.CCl. The number of hydrogen-bond acceptors (Lipinski definition) is 3. The molecule has 1 aliphatic rings. The van der Waals surface area contributed by atoms with Crippen molar-refractivity contribution in [1.29, 1.82) is 0 Å². The van der Waals surface area contributed by atoms with Crippen LogP contribution < -0.4 is 4.74 Å². The molecule has 3 rings (SSSR count). The van der Waals surface area contributed by atoms with E-state index in [1.54, 1.807) is 7.11 Å². The fraction of sp³-hybridized carbons (Fsp3) is 0.429. The summed E-state index contributed by atoms with van der Waals surface area (Å²) >= 11 is 8.73. The van der Waals surface area contributed by atoms with Gasteiger partial charge in [-0.25, -0.2) is 0 Å². The molecule has 2 atom stereocenters. The Balaban J connectivity index is 0.00000126. The molecule has 0 aliphatic carbocycles. The van der Waals surface area contributed by atoms with Crippen molar-refractivity contribution in [3.63, 3.8) is 0 Å². The highest BCUT2D eigenvalue weighted by molar-refractivity contribution is 7.96. The summed E-state index contributed by atoms with van der Waals surface area (Å²) in [4.78, 5) is 18.3. The minimum atomic E-state index is -0.141. The van der Waals surface area contributed by atoms with Crippen LogP contribution in [-0.4, -0.2) is 41.2 Å². The zero-order valence-electron chi connectivity index (χ0n) is 15.9. The number of aromatic nitrogens is 1. The van der Waals surface area contributed by atoms with Gasteiger partial charge in [0.1, 0.15) is 5.75 Å². The van der Waals surface area contributed by atoms with Crippen LogP contribution in [0.4, 0.5) is 4.79 Å². The number of alkyl halides is 1. The van der Waals surface area contributed by atoms with Crippen molar-refractivity contribution in [2.75, 3.05) is 20.0 Å². The molecular formula is C21H27ClN2O2S. The number of piperidine rings is 1. The van der Waals surface area contributed by atoms with Gasteiger partial charge < -0.3 is 9.64 Å². The third-order valence-corrected chi connectivity index (χ3v) is 5.32. The highest BCUT2D eigenvalue weighted by atomic mass is 35.5. The Morgan fingerprint density at radius 3 is 2.89 bits per heavy atom. The first-order valence-corrected chi connectivity index (χ1v) is 10.2. The number of allylic oxidation sites excluding steroid dienone is 1. The second kappa shape index (κ2) is 10.6. The number of thiol groups is 1. The van der Waals surface area contributed by atoms with Crippen molar-refractivity contribution in [2.45, 2.75) is 31.7 Å². The van der Waals surface area contributed by atoms with Crippen LogP contribution in [0.5, 0.6) is 5.75 Å². The van der Waals surface area contributed by atoms with Gasteiger partial charge in [-0.3, -0.25) is 9.78 Å². The number of ether oxygens (including phenoxy) is 1. The molecule has 1 aromatic heterocycles. The van der Waals surface area contributed by atoms with Crippen LogP contribution in [0.3, 0.4) is 0 Å². The Labute approximate surface area is 172 Å². The van der Waals surface area contributed by atoms with Crippen LogP contribution in [0.2, 0.25) is 0 Å². The van der Waals surface area contributed by atoms with E-state index in [9.17, 15) is 4.79 Å². The molecule has 0 spiro atoms. The van der Waals surface area contributed by atoms with Gasteiger partial charge >= 0.3 is 0 Å². The first kappa shape index (κ1) is 21.6. The summed E-state index contributed by atoms with van der Waals surface area (Å²) in [7, 11) is 1.67. The predicted molar refractivity (Wildman–Crippen MR) is 116 cm³/mol. The first-order chi connectivity index (χ1) is 13.1. The third-order valence-electron chi connectivity index (χ3n) is 5.06. The lowest BCUT2D eigenvalue weighted by atomic mass is 9.85. The zero-order valence-corrected chi connectivity index (χ0v) is 17.5. The second-order valence-electron chi connectivity index (χ2n) is 6.60. The number of rotatable bonds is 5. The minimum Gasteiger partial charge on any atom is -0.497 e. The number of likely N-dealkylation sites (tertiary alicyclic amines) is 1. The number of methoxy groups -OCH3 is 1. The summed E-state index contributed by atoms with van der Waals surface area (Å²) in [6.45, 7) is 4.62. The Bertz CT molecular complexity index is 784. The number of amides is 1. The average Bonchev–Trinajstić information content (AvgIpc) is 2.69. The highest BCUT2D eigenvalue weighted by Crippen LogP contribution is 2.31. The van der Waals surface area contributed by atoms with Gasteiger partial charge in [0.15, 0.2) is 0 Å². The number of carbonyl (C=O) groups is 1. The first-order valence-electron chi connectivity index (χ1n) is 9.02. The summed E-state index contributed by atoms with van der Waals surface area (Å²) in [5.41, 5.74) is 2.13. The molecular weight excluding hydrogens is 380 g/mol. The molecule has 1 amide bonds. The molecule has 27 heavy (non-hydrogen) atoms. The third kappa shape index (κ3) is 5.39. The fourth-order valence-corrected chi connectivity index (χ4v) is 4.03. The maximum atomic E-state index is 12.0. The van der Waals surface area contributed by atoms with E-state index >= 15 is 0 Å². The monoisotopic (exact) mass is 406 g/mol. The van der Waals surface area contributed by atoms with E-state index in [0.717, 1.165) is 48.9 Å². The molecule has 1 aromatic carbocycles. The summed E-state index contributed by atoms with van der Waals surface area (Å²) in [6, 6.07) is 8.11. The van der Waals surface area contributed by atoms with Gasteiger partial charge in [0.2, 0.25) is 0 Å². The molecule has 0 saturated carbocycles. The smallest absolute Gasteiger partial charge is 0.278 e. The van der Waals surface area contributed by atoms with Crippen molar-refractivity contribution in [3.05, 3.63) is 48.7 Å². The standard InChI is InChI=1S/C20H24N2O2S.CH3Cl/c1-3-4-14-8-10-22(20(23)25)16(11-14)12-15-7-9-21-19-6-5-17(24-2)13-18(15)19;1-2/h3,5-7,9,13-14,16H,1,4,8,10-12H2,2H3,(H,23,25);1H3. The Morgan fingerprint density at radius 1 is 1.44 bits per heavy atom. The Morgan fingerprint density at radius 2 is 2.22 bits per heavy atom. The molecule has 4 nitrogen and oxygen atoms in total. The predicted octanol–water partition coefficient (Wildman–Crippen LogP) is 5.35. The number of carbonyl (C=O) groups excluding carboxylic acids is 1. The summed E-state index contributed by atoms with van der Waals surface area (Å²) < 4.78 is 5.36. The summed E-state index contributed by atoms with van der Waals surface area (Å²) in [5, 5.41) is 0.942. The van der Waals surface area contributed by atoms with Crippen LogP contribution in [0.25, 0.3) is 10.9 Å². The quantitative estimate of drug-likeness (QED) is 0.413. The van der Waals surface area contributed by atoms with Crippen LogP contribution in [0, 0.1) is 5.92 Å². The van der Waals surface area contributed by atoms with Gasteiger partial charge in [-0.1, -0.05) is 18.7 Å². The molecule has 2 unspecified atom stereocenters. The molecule has 146 valence electrons. The average molecular weight is 407 g/mol. The van der Waals surface area contributed by atoms with E-state index in [-0.39, 0.29) is 11.3 Å². The molecule has 0 radical (unpaired) electrons. The highest BCUT2D eigenvalue weighted by Gasteiger charge is 2.30. The number of fused-ring (bicyclic) bond motifs is 1. The van der Waals surface area contributed by atoms with Crippen molar-refractivity contribution in [2.24, 2.45) is 5.92 Å². The molecule has 2 heterocycles. The number of benzene rings is 1. The minimum absolute atomic E-state index is 0.141. The largest absolute Gasteiger partial charge is 0.497 e. The van der Waals surface area contributed by atoms with Gasteiger partial charge in [0.05, 0.1) is 12.6 Å². The van der Waals surface area contributed by atoms with Crippen LogP contribution in [0.1, 0.15) is 24.8 Å². The maximum Gasteiger partial charge on any atom is 0.278 e. The van der Waals surface area contributed by atoms with Gasteiger partial charge in [-0.2, -0.15) is 0 Å². The van der Waals surface area contributed by atoms with Crippen molar-refractivity contribution in [3.8, 4) is 5.75 Å². The van der Waals surface area contributed by atoms with Crippen molar-refractivity contribution in [1.82, 2.24) is 9.88 Å². The summed E-state index contributed by atoms with van der Waals surface area (Å²) in [6.07, 6.45) is 9.07. The second-order valence-corrected chi connectivity index (χ2v) is 6.98. The van der Waals surface area contributed by atoms with E-state index < -0.39 is 0 Å². The zero-order chi connectivity index (χ0) is 19.8. The molecule has 2 aromatic rings. The van der Waals surface area contributed by atoms with Crippen LogP contribution >= 0.6 is 24.2 Å². The number of halogens is 1. The normalized spacial score (nSPS) is 19.2. The molecule has 0 bridgehead atoms. The lowest BCUT2D eigenvalue weighted by Crippen LogP contribution is -2.45. The van der Waals surface area contributed by atoms with Crippen LogP contribution in [-0.2, 0) is 6.42 Å². The van der Waals surface area contributed by atoms with Crippen molar-refractivity contribution >= 4 is 40.4 Å². The molecule has 1 fully saturated rings. The van der Waals surface area contributed by atoms with Gasteiger partial charge in [-0.05, 0) is 61.4 Å². The lowest BCUT2D eigenvalue weighted by molar-refractivity contribution is 0.145. The van der Waals surface area contributed by atoms with Crippen molar-refractivity contribution < 1.29 is 9.53 Å². The molecule has 0 N–H and O–H groups in total. The van der Waals surface area contributed by atoms with E-state index in [1.165, 1.54) is 11.9 Å². The molecule has 6 heteroatoms. The molecule has 1 aliphatic heterocycles. The van der Waals surface area contributed by atoms with E-state index in [0.29, 0.717) is 5.92 Å². The lowest BCUT2D eigenvalue weighted by Gasteiger charge is -2.38.